The Morgan fingerprint density at radius 2 is 2.10 bits per heavy atom. The molecule has 1 aliphatic heterocycles. The van der Waals surface area contributed by atoms with Gasteiger partial charge in [0.15, 0.2) is 6.10 Å². The SMILES string of the molecule is c1ccc(C(Oc2cccnc2)C2CNCCO2)cc1. The number of ether oxygens (including phenoxy) is 2. The molecular formula is C16H18N2O2. The lowest BCUT2D eigenvalue weighted by Gasteiger charge is -2.31. The van der Waals surface area contributed by atoms with Crippen LogP contribution in [0.25, 0.3) is 0 Å². The minimum absolute atomic E-state index is 0.00589. The second-order valence-corrected chi connectivity index (χ2v) is 4.75. The predicted octanol–water partition coefficient (Wildman–Crippen LogP) is 2.19. The third-order valence-electron chi connectivity index (χ3n) is 3.32. The minimum Gasteiger partial charge on any atom is -0.481 e. The zero-order valence-corrected chi connectivity index (χ0v) is 11.2. The third kappa shape index (κ3) is 3.15. The second kappa shape index (κ2) is 6.50. The molecule has 1 aromatic heterocycles. The summed E-state index contributed by atoms with van der Waals surface area (Å²) in [7, 11) is 0. The Morgan fingerprint density at radius 1 is 1.20 bits per heavy atom. The monoisotopic (exact) mass is 270 g/mol. The van der Waals surface area contributed by atoms with E-state index in [2.05, 4.69) is 22.4 Å². The highest BCUT2D eigenvalue weighted by Gasteiger charge is 2.27. The van der Waals surface area contributed by atoms with Gasteiger partial charge in [-0.15, -0.1) is 0 Å². The third-order valence-corrected chi connectivity index (χ3v) is 3.32. The van der Waals surface area contributed by atoms with Gasteiger partial charge in [0.05, 0.1) is 12.8 Å². The van der Waals surface area contributed by atoms with E-state index in [1.54, 1.807) is 12.4 Å². The summed E-state index contributed by atoms with van der Waals surface area (Å²) in [5, 5.41) is 3.35. The molecule has 20 heavy (non-hydrogen) atoms. The van der Waals surface area contributed by atoms with Crippen LogP contribution in [0, 0.1) is 0 Å². The van der Waals surface area contributed by atoms with Crippen molar-refractivity contribution in [3.05, 3.63) is 60.4 Å². The van der Waals surface area contributed by atoms with E-state index in [0.717, 1.165) is 24.4 Å². The quantitative estimate of drug-likeness (QED) is 0.925. The number of nitrogens with one attached hydrogen (secondary N) is 1. The van der Waals surface area contributed by atoms with Crippen molar-refractivity contribution in [2.24, 2.45) is 0 Å². The standard InChI is InChI=1S/C16H18N2O2/c1-2-5-13(6-3-1)16(15-12-18-9-10-19-15)20-14-7-4-8-17-11-14/h1-8,11,15-16,18H,9-10,12H2. The first kappa shape index (κ1) is 13.1. The molecular weight excluding hydrogens is 252 g/mol. The fourth-order valence-electron chi connectivity index (χ4n) is 2.34. The van der Waals surface area contributed by atoms with Crippen LogP contribution in [0.3, 0.4) is 0 Å². The summed E-state index contributed by atoms with van der Waals surface area (Å²) in [4.78, 5) is 4.10. The molecule has 1 aliphatic rings. The number of hydrogen-bond acceptors (Lipinski definition) is 4. The van der Waals surface area contributed by atoms with Crippen molar-refractivity contribution in [3.63, 3.8) is 0 Å². The largest absolute Gasteiger partial charge is 0.481 e. The molecule has 0 aliphatic carbocycles. The molecule has 3 rings (SSSR count). The molecule has 2 heterocycles. The molecule has 0 amide bonds. The Balaban J connectivity index is 1.83. The van der Waals surface area contributed by atoms with Crippen LogP contribution in [0.5, 0.6) is 5.75 Å². The smallest absolute Gasteiger partial charge is 0.151 e. The predicted molar refractivity (Wildman–Crippen MR) is 76.7 cm³/mol. The van der Waals surface area contributed by atoms with E-state index < -0.39 is 0 Å². The lowest BCUT2D eigenvalue weighted by Crippen LogP contribution is -2.43. The van der Waals surface area contributed by atoms with Gasteiger partial charge < -0.3 is 14.8 Å². The van der Waals surface area contributed by atoms with Crippen LogP contribution in [0.4, 0.5) is 0 Å². The molecule has 1 saturated heterocycles. The van der Waals surface area contributed by atoms with Crippen LogP contribution < -0.4 is 10.1 Å². The van der Waals surface area contributed by atoms with Gasteiger partial charge in [0.2, 0.25) is 0 Å². The van der Waals surface area contributed by atoms with Crippen LogP contribution in [0.2, 0.25) is 0 Å². The topological polar surface area (TPSA) is 43.4 Å². The first-order valence-electron chi connectivity index (χ1n) is 6.87. The van der Waals surface area contributed by atoms with Crippen LogP contribution in [-0.2, 0) is 4.74 Å². The molecule has 2 aromatic rings. The Hall–Kier alpha value is -1.91. The van der Waals surface area contributed by atoms with Gasteiger partial charge in [0.1, 0.15) is 11.9 Å². The Kier molecular flexibility index (Phi) is 4.25. The normalized spacial score (nSPS) is 20.3. The van der Waals surface area contributed by atoms with Crippen LogP contribution in [0.15, 0.2) is 54.9 Å². The van der Waals surface area contributed by atoms with Gasteiger partial charge in [-0.1, -0.05) is 30.3 Å². The van der Waals surface area contributed by atoms with Gasteiger partial charge in [0.25, 0.3) is 0 Å². The first-order valence-corrected chi connectivity index (χ1v) is 6.87. The number of pyridine rings is 1. The summed E-state index contributed by atoms with van der Waals surface area (Å²) >= 11 is 0. The average molecular weight is 270 g/mol. The molecule has 4 nitrogen and oxygen atoms in total. The van der Waals surface area contributed by atoms with Crippen LogP contribution in [0.1, 0.15) is 11.7 Å². The summed E-state index contributed by atoms with van der Waals surface area (Å²) in [5.41, 5.74) is 1.12. The van der Waals surface area contributed by atoms with E-state index in [9.17, 15) is 0 Å². The summed E-state index contributed by atoms with van der Waals surface area (Å²) in [6.45, 7) is 2.40. The van der Waals surface area contributed by atoms with Crippen molar-refractivity contribution in [1.82, 2.24) is 10.3 Å². The second-order valence-electron chi connectivity index (χ2n) is 4.75. The molecule has 104 valence electrons. The fraction of sp³-hybridized carbons (Fsp3) is 0.312. The van der Waals surface area contributed by atoms with Crippen molar-refractivity contribution < 1.29 is 9.47 Å². The number of rotatable bonds is 4. The highest BCUT2D eigenvalue weighted by atomic mass is 16.5. The molecule has 0 radical (unpaired) electrons. The average Bonchev–Trinajstić information content (AvgIpc) is 2.55. The van der Waals surface area contributed by atoms with Crippen molar-refractivity contribution in [1.29, 1.82) is 0 Å². The molecule has 0 bridgehead atoms. The van der Waals surface area contributed by atoms with E-state index in [0.29, 0.717) is 6.61 Å². The van der Waals surface area contributed by atoms with E-state index in [1.807, 2.05) is 30.3 Å². The van der Waals surface area contributed by atoms with Gasteiger partial charge in [0, 0.05) is 19.3 Å². The van der Waals surface area contributed by atoms with Gasteiger partial charge in [-0.3, -0.25) is 4.98 Å². The zero-order valence-electron chi connectivity index (χ0n) is 11.2. The van der Waals surface area contributed by atoms with Gasteiger partial charge in [-0.05, 0) is 17.7 Å². The maximum atomic E-state index is 6.11. The minimum atomic E-state index is -0.131. The number of aromatic nitrogens is 1. The summed E-state index contributed by atoms with van der Waals surface area (Å²) in [6, 6.07) is 14.0. The summed E-state index contributed by atoms with van der Waals surface area (Å²) in [6.07, 6.45) is 3.34. The zero-order chi connectivity index (χ0) is 13.6. The lowest BCUT2D eigenvalue weighted by molar-refractivity contribution is -0.0433. The number of morpholine rings is 1. The van der Waals surface area contributed by atoms with Gasteiger partial charge in [-0.25, -0.2) is 0 Å². The van der Waals surface area contributed by atoms with E-state index >= 15 is 0 Å². The fourth-order valence-corrected chi connectivity index (χ4v) is 2.34. The molecule has 2 unspecified atom stereocenters. The van der Waals surface area contributed by atoms with Crippen LogP contribution >= 0.6 is 0 Å². The molecule has 4 heteroatoms. The number of benzene rings is 1. The van der Waals surface area contributed by atoms with E-state index in [1.165, 1.54) is 0 Å². The lowest BCUT2D eigenvalue weighted by atomic mass is 10.0. The molecule has 0 saturated carbocycles. The Bertz CT molecular complexity index is 513. The number of hydrogen-bond donors (Lipinski definition) is 1. The summed E-state index contributed by atoms with van der Waals surface area (Å²) in [5.74, 6) is 0.760. The van der Waals surface area contributed by atoms with E-state index in [-0.39, 0.29) is 12.2 Å². The van der Waals surface area contributed by atoms with Crippen molar-refractivity contribution in [3.8, 4) is 5.75 Å². The maximum absolute atomic E-state index is 6.11. The van der Waals surface area contributed by atoms with Crippen molar-refractivity contribution in [2.45, 2.75) is 12.2 Å². The van der Waals surface area contributed by atoms with E-state index in [4.69, 9.17) is 9.47 Å². The first-order chi connectivity index (χ1) is 9.93. The van der Waals surface area contributed by atoms with Gasteiger partial charge >= 0.3 is 0 Å². The molecule has 0 spiro atoms. The van der Waals surface area contributed by atoms with Gasteiger partial charge in [-0.2, -0.15) is 0 Å². The highest BCUT2D eigenvalue weighted by molar-refractivity contribution is 5.23. The van der Waals surface area contributed by atoms with Crippen LogP contribution in [-0.4, -0.2) is 30.8 Å². The Morgan fingerprint density at radius 3 is 2.80 bits per heavy atom. The van der Waals surface area contributed by atoms with Crippen molar-refractivity contribution in [2.75, 3.05) is 19.7 Å². The highest BCUT2D eigenvalue weighted by Crippen LogP contribution is 2.26. The molecule has 1 fully saturated rings. The summed E-state index contributed by atoms with van der Waals surface area (Å²) < 4.78 is 12.0. The number of nitrogens with zero attached hydrogens (tertiary/aromatic N) is 1. The molecule has 1 N–H and O–H groups in total. The molecule has 1 aromatic carbocycles. The maximum Gasteiger partial charge on any atom is 0.151 e. The molecule has 2 atom stereocenters. The Labute approximate surface area is 118 Å². The van der Waals surface area contributed by atoms with Crippen molar-refractivity contribution >= 4 is 0 Å².